The van der Waals surface area contributed by atoms with Gasteiger partial charge in [-0.05, 0) is 25.5 Å². The number of carboxylic acids is 1. The molecule has 0 radical (unpaired) electrons. The third kappa shape index (κ3) is 6.71. The molecule has 3 rings (SSSR count). The zero-order chi connectivity index (χ0) is 23.1. The average Bonchev–Trinajstić information content (AvgIpc) is 2.67. The smallest absolute Gasteiger partial charge is 0.489 e. The Labute approximate surface area is 176 Å². The summed E-state index contributed by atoms with van der Waals surface area (Å²) >= 11 is 0. The van der Waals surface area contributed by atoms with E-state index in [0.29, 0.717) is 44.0 Å². The Balaban J connectivity index is 0.000000423. The number of fused-ring (bicyclic) bond motifs is 1. The van der Waals surface area contributed by atoms with Crippen LogP contribution in [0.15, 0.2) is 36.4 Å². The molecule has 2 aliphatic heterocycles. The summed E-state index contributed by atoms with van der Waals surface area (Å²) in [5.74, 6) is -2.36. The Morgan fingerprint density at radius 1 is 1.19 bits per heavy atom. The van der Waals surface area contributed by atoms with E-state index >= 15 is 0 Å². The minimum Gasteiger partial charge on any atom is -0.489 e. The molecule has 8 nitrogen and oxygen atoms in total. The highest BCUT2D eigenvalue weighted by Gasteiger charge is 2.43. The fourth-order valence-electron chi connectivity index (χ4n) is 2.91. The number of alkyl halides is 3. The number of para-hydroxylation sites is 1. The summed E-state index contributed by atoms with van der Waals surface area (Å²) < 4.78 is 37.5. The number of nitrogens with one attached hydrogen (secondary N) is 3. The monoisotopic (exact) mass is 443 g/mol. The summed E-state index contributed by atoms with van der Waals surface area (Å²) in [6.07, 6.45) is -0.522. The molecule has 2 aliphatic rings. The van der Waals surface area contributed by atoms with Crippen molar-refractivity contribution < 1.29 is 37.4 Å². The van der Waals surface area contributed by atoms with Crippen molar-refractivity contribution in [3.63, 3.8) is 0 Å². The van der Waals surface area contributed by atoms with Gasteiger partial charge in [-0.15, -0.1) is 0 Å². The molecule has 2 heterocycles. The molecule has 1 spiro atoms. The highest BCUT2D eigenvalue weighted by molar-refractivity contribution is 5.97. The van der Waals surface area contributed by atoms with Crippen molar-refractivity contribution in [3.8, 4) is 5.75 Å². The van der Waals surface area contributed by atoms with E-state index in [0.717, 1.165) is 0 Å². The number of ether oxygens (including phenoxy) is 1. The van der Waals surface area contributed by atoms with E-state index in [-0.39, 0.29) is 23.3 Å². The minimum atomic E-state index is -5.08. The number of halogens is 3. The van der Waals surface area contributed by atoms with Crippen LogP contribution in [0, 0.1) is 5.41 Å². The number of allylic oxidation sites excluding steroid dienone is 1. The van der Waals surface area contributed by atoms with Gasteiger partial charge in [0.2, 0.25) is 5.91 Å². The number of carbonyl (C=O) groups excluding carboxylic acids is 2. The van der Waals surface area contributed by atoms with E-state index in [9.17, 15) is 22.8 Å². The molecular weight excluding hydrogens is 419 g/mol. The minimum absolute atomic E-state index is 0.0328. The van der Waals surface area contributed by atoms with Crippen LogP contribution in [0.3, 0.4) is 0 Å². The topological polar surface area (TPSA) is 117 Å². The zero-order valence-electron chi connectivity index (χ0n) is 16.8. The Hall–Kier alpha value is -3.08. The number of amides is 2. The van der Waals surface area contributed by atoms with Crippen LogP contribution in [0.4, 0.5) is 13.2 Å². The van der Waals surface area contributed by atoms with Gasteiger partial charge < -0.3 is 25.8 Å². The van der Waals surface area contributed by atoms with Crippen molar-refractivity contribution in [1.82, 2.24) is 16.0 Å². The van der Waals surface area contributed by atoms with Crippen LogP contribution in [0.25, 0.3) is 0 Å². The Kier molecular flexibility index (Phi) is 8.03. The van der Waals surface area contributed by atoms with Crippen molar-refractivity contribution in [2.75, 3.05) is 26.2 Å². The molecule has 1 saturated heterocycles. The van der Waals surface area contributed by atoms with Gasteiger partial charge in [0.25, 0.3) is 5.91 Å². The van der Waals surface area contributed by atoms with E-state index in [1.54, 1.807) is 18.2 Å². The summed E-state index contributed by atoms with van der Waals surface area (Å²) in [5, 5.41) is 16.2. The van der Waals surface area contributed by atoms with Crippen LogP contribution in [-0.2, 0) is 9.59 Å². The number of aliphatic carboxylic acids is 1. The lowest BCUT2D eigenvalue weighted by Crippen LogP contribution is -2.62. The lowest BCUT2D eigenvalue weighted by Gasteiger charge is -2.40. The predicted octanol–water partition coefficient (Wildman–Crippen LogP) is 1.48. The third-order valence-corrected chi connectivity index (χ3v) is 4.74. The molecule has 0 saturated carbocycles. The molecule has 1 fully saturated rings. The van der Waals surface area contributed by atoms with Gasteiger partial charge in [-0.2, -0.15) is 13.2 Å². The SMILES string of the molecule is C[C@@H]1CNC(=O)C2(C/C=C/COc3ccccc3C(=O)N1)CNC2.O=C(O)C(F)(F)F. The van der Waals surface area contributed by atoms with Crippen molar-refractivity contribution in [2.24, 2.45) is 5.41 Å². The largest absolute Gasteiger partial charge is 0.490 e. The molecule has 0 unspecified atom stereocenters. The van der Waals surface area contributed by atoms with Gasteiger partial charge >= 0.3 is 12.1 Å². The third-order valence-electron chi connectivity index (χ3n) is 4.74. The van der Waals surface area contributed by atoms with Gasteiger partial charge in [-0.3, -0.25) is 9.59 Å². The van der Waals surface area contributed by atoms with Crippen molar-refractivity contribution in [3.05, 3.63) is 42.0 Å². The number of carbonyl (C=O) groups is 3. The Bertz CT molecular complexity index is 838. The van der Waals surface area contributed by atoms with Crippen molar-refractivity contribution in [2.45, 2.75) is 25.6 Å². The number of carboxylic acid groups (broad SMARTS) is 1. The second kappa shape index (κ2) is 10.3. The molecule has 11 heteroatoms. The predicted molar refractivity (Wildman–Crippen MR) is 105 cm³/mol. The molecule has 170 valence electrons. The fraction of sp³-hybridized carbons (Fsp3) is 0.450. The van der Waals surface area contributed by atoms with Gasteiger partial charge in [0.05, 0.1) is 11.0 Å². The Morgan fingerprint density at radius 2 is 1.84 bits per heavy atom. The van der Waals surface area contributed by atoms with E-state index in [1.165, 1.54) is 0 Å². The first-order valence-corrected chi connectivity index (χ1v) is 9.52. The lowest BCUT2D eigenvalue weighted by atomic mass is 9.77. The fourth-order valence-corrected chi connectivity index (χ4v) is 2.91. The van der Waals surface area contributed by atoms with Crippen LogP contribution in [0.2, 0.25) is 0 Å². The first-order valence-electron chi connectivity index (χ1n) is 9.52. The number of benzene rings is 1. The van der Waals surface area contributed by atoms with Gasteiger partial charge in [-0.25, -0.2) is 4.79 Å². The molecule has 2 amide bonds. The average molecular weight is 443 g/mol. The van der Waals surface area contributed by atoms with Crippen LogP contribution >= 0.6 is 0 Å². The first-order chi connectivity index (χ1) is 14.5. The molecule has 0 bridgehead atoms. The van der Waals surface area contributed by atoms with Gasteiger partial charge in [0.15, 0.2) is 0 Å². The lowest BCUT2D eigenvalue weighted by molar-refractivity contribution is -0.192. The maximum Gasteiger partial charge on any atom is 0.490 e. The summed E-state index contributed by atoms with van der Waals surface area (Å²) in [5.41, 5.74) is 0.114. The summed E-state index contributed by atoms with van der Waals surface area (Å²) in [6.45, 7) is 3.99. The quantitative estimate of drug-likeness (QED) is 0.452. The van der Waals surface area contributed by atoms with E-state index in [2.05, 4.69) is 16.0 Å². The van der Waals surface area contributed by atoms with Gasteiger partial charge in [0, 0.05) is 25.7 Å². The zero-order valence-corrected chi connectivity index (χ0v) is 16.8. The molecule has 1 aromatic rings. The van der Waals surface area contributed by atoms with Crippen LogP contribution in [0.5, 0.6) is 5.75 Å². The summed E-state index contributed by atoms with van der Waals surface area (Å²) in [4.78, 5) is 33.8. The highest BCUT2D eigenvalue weighted by Crippen LogP contribution is 2.28. The highest BCUT2D eigenvalue weighted by atomic mass is 19.4. The van der Waals surface area contributed by atoms with Crippen molar-refractivity contribution >= 4 is 17.8 Å². The second-order valence-corrected chi connectivity index (χ2v) is 7.25. The molecule has 4 N–H and O–H groups in total. The molecule has 31 heavy (non-hydrogen) atoms. The molecule has 0 aromatic heterocycles. The van der Waals surface area contributed by atoms with Crippen molar-refractivity contribution in [1.29, 1.82) is 0 Å². The van der Waals surface area contributed by atoms with Crippen LogP contribution < -0.4 is 20.7 Å². The number of hydrogen-bond acceptors (Lipinski definition) is 5. The number of rotatable bonds is 0. The standard InChI is InChI=1S/C18H23N3O3.C2HF3O2/c1-13-10-20-17(23)18(11-19-12-18)8-4-5-9-24-15-7-3-2-6-14(15)16(22)21-13;3-2(4,5)1(6)7/h2-7,13,19H,8-12H2,1H3,(H,20,23)(H,21,22);(H,6,7)/b5-4+;/t13-;/m1./s1. The normalized spacial score (nSPS) is 22.1. The summed E-state index contributed by atoms with van der Waals surface area (Å²) in [7, 11) is 0. The van der Waals surface area contributed by atoms with Crippen LogP contribution in [-0.4, -0.2) is 61.3 Å². The maximum atomic E-state index is 12.5. The van der Waals surface area contributed by atoms with Gasteiger partial charge in [-0.1, -0.05) is 24.3 Å². The van der Waals surface area contributed by atoms with E-state index in [4.69, 9.17) is 14.6 Å². The van der Waals surface area contributed by atoms with E-state index in [1.807, 2.05) is 25.1 Å². The second-order valence-electron chi connectivity index (χ2n) is 7.25. The Morgan fingerprint density at radius 3 is 2.42 bits per heavy atom. The first kappa shape index (κ1) is 24.2. The molecule has 0 aliphatic carbocycles. The number of hydrogen-bond donors (Lipinski definition) is 4. The van der Waals surface area contributed by atoms with Crippen LogP contribution in [0.1, 0.15) is 23.7 Å². The molecule has 1 atom stereocenters. The summed E-state index contributed by atoms with van der Waals surface area (Å²) in [6, 6.07) is 7.01. The van der Waals surface area contributed by atoms with E-state index < -0.39 is 12.1 Å². The van der Waals surface area contributed by atoms with Gasteiger partial charge in [0.1, 0.15) is 12.4 Å². The molecule has 1 aromatic carbocycles. The maximum absolute atomic E-state index is 12.5. The molecular formula is C20H24F3N3O5.